The maximum absolute atomic E-state index is 12.9. The molecule has 9 heteroatoms. The quantitative estimate of drug-likeness (QED) is 0.828. The van der Waals surface area contributed by atoms with E-state index in [-0.39, 0.29) is 19.0 Å². The number of alkyl halides is 3. The van der Waals surface area contributed by atoms with Crippen molar-refractivity contribution in [3.05, 3.63) is 46.7 Å². The number of aromatic nitrogens is 2. The number of hydrogen-bond acceptors (Lipinski definition) is 3. The van der Waals surface area contributed by atoms with Crippen LogP contribution in [0.1, 0.15) is 37.1 Å². The van der Waals surface area contributed by atoms with E-state index in [1.165, 1.54) is 0 Å². The summed E-state index contributed by atoms with van der Waals surface area (Å²) in [5, 5.41) is 14.8. The van der Waals surface area contributed by atoms with Crippen molar-refractivity contribution in [1.29, 1.82) is 0 Å². The van der Waals surface area contributed by atoms with Crippen molar-refractivity contribution in [2.75, 3.05) is 13.1 Å². The second-order valence-electron chi connectivity index (χ2n) is 7.24. The molecule has 2 aromatic rings. The van der Waals surface area contributed by atoms with Crippen LogP contribution in [0.25, 0.3) is 5.69 Å². The first-order chi connectivity index (χ1) is 13.0. The number of aryl methyl sites for hydroxylation is 1. The van der Waals surface area contributed by atoms with Crippen LogP contribution in [0, 0.1) is 6.92 Å². The molecule has 1 unspecified atom stereocenters. The summed E-state index contributed by atoms with van der Waals surface area (Å²) in [4.78, 5) is 13.2. The van der Waals surface area contributed by atoms with Crippen molar-refractivity contribution < 1.29 is 23.1 Å². The Balaban J connectivity index is 1.76. The first-order valence-electron chi connectivity index (χ1n) is 8.91. The van der Waals surface area contributed by atoms with E-state index in [2.05, 4.69) is 5.10 Å². The minimum atomic E-state index is -5.01. The van der Waals surface area contributed by atoms with Crippen LogP contribution in [0.3, 0.4) is 0 Å². The van der Waals surface area contributed by atoms with E-state index in [0.29, 0.717) is 24.8 Å². The number of aliphatic hydroxyl groups is 1. The van der Waals surface area contributed by atoms with Gasteiger partial charge in [-0.3, -0.25) is 4.79 Å². The van der Waals surface area contributed by atoms with Gasteiger partial charge in [0.25, 0.3) is 5.91 Å². The van der Waals surface area contributed by atoms with Gasteiger partial charge in [0.2, 0.25) is 5.60 Å². The van der Waals surface area contributed by atoms with Crippen LogP contribution in [0.2, 0.25) is 5.02 Å². The smallest absolute Gasteiger partial charge is 0.373 e. The van der Waals surface area contributed by atoms with E-state index in [1.54, 1.807) is 16.8 Å². The summed E-state index contributed by atoms with van der Waals surface area (Å²) in [6.07, 6.45) is -4.04. The minimum Gasteiger partial charge on any atom is -0.373 e. The lowest BCUT2D eigenvalue weighted by Gasteiger charge is -2.36. The van der Waals surface area contributed by atoms with Gasteiger partial charge in [-0.05, 0) is 57.0 Å². The number of piperidine rings is 1. The topological polar surface area (TPSA) is 58.4 Å². The molecule has 3 rings (SSSR count). The summed E-state index contributed by atoms with van der Waals surface area (Å²) in [5.41, 5.74) is -0.773. The Kier molecular flexibility index (Phi) is 5.46. The molecule has 1 aliphatic heterocycles. The summed E-state index contributed by atoms with van der Waals surface area (Å²) in [5.74, 6) is -1.27. The molecule has 0 bridgehead atoms. The van der Waals surface area contributed by atoms with Crippen molar-refractivity contribution in [1.82, 2.24) is 14.7 Å². The first-order valence-corrected chi connectivity index (χ1v) is 9.29. The molecular weight excluding hydrogens is 395 g/mol. The van der Waals surface area contributed by atoms with E-state index in [9.17, 15) is 23.1 Å². The van der Waals surface area contributed by atoms with Crippen molar-refractivity contribution >= 4 is 17.5 Å². The highest BCUT2D eigenvalue weighted by Gasteiger charge is 2.57. The van der Waals surface area contributed by atoms with Gasteiger partial charge in [-0.15, -0.1) is 0 Å². The second-order valence-corrected chi connectivity index (χ2v) is 7.67. The molecule has 1 aliphatic rings. The molecule has 5 nitrogen and oxygen atoms in total. The number of hydrogen-bond donors (Lipinski definition) is 1. The standard InChI is InChI=1S/C19H21ClF3N3O2/c1-12-11-16(26(24-12)15-5-3-14(20)4-6-15)13-7-9-25(10-8-13)17(27)18(2,28)19(21,22)23/h3-6,11,13,28H,7-10H2,1-2H3. The Morgan fingerprint density at radius 2 is 1.79 bits per heavy atom. The molecule has 1 N–H and O–H groups in total. The van der Waals surface area contributed by atoms with E-state index in [0.717, 1.165) is 22.0 Å². The van der Waals surface area contributed by atoms with E-state index in [4.69, 9.17) is 11.6 Å². The Hall–Kier alpha value is -2.06. The van der Waals surface area contributed by atoms with Gasteiger partial charge in [-0.1, -0.05) is 11.6 Å². The molecule has 152 valence electrons. The fourth-order valence-electron chi connectivity index (χ4n) is 3.41. The maximum Gasteiger partial charge on any atom is 0.426 e. The van der Waals surface area contributed by atoms with Gasteiger partial charge < -0.3 is 10.0 Å². The molecule has 0 saturated carbocycles. The Morgan fingerprint density at radius 1 is 1.21 bits per heavy atom. The van der Waals surface area contributed by atoms with Crippen molar-refractivity contribution in [3.63, 3.8) is 0 Å². The van der Waals surface area contributed by atoms with Gasteiger partial charge in [0.05, 0.1) is 11.4 Å². The molecule has 1 saturated heterocycles. The maximum atomic E-state index is 12.9. The Bertz CT molecular complexity index is 854. The third-order valence-electron chi connectivity index (χ3n) is 5.10. The predicted molar refractivity (Wildman–Crippen MR) is 98.5 cm³/mol. The largest absolute Gasteiger partial charge is 0.426 e. The van der Waals surface area contributed by atoms with Gasteiger partial charge in [0.15, 0.2) is 0 Å². The van der Waals surface area contributed by atoms with Crippen LogP contribution in [0.4, 0.5) is 13.2 Å². The minimum absolute atomic E-state index is 0.0387. The SMILES string of the molecule is Cc1cc(C2CCN(C(=O)C(C)(O)C(F)(F)F)CC2)n(-c2ccc(Cl)cc2)n1. The average Bonchev–Trinajstić information content (AvgIpc) is 3.02. The normalized spacial score (nSPS) is 18.2. The summed E-state index contributed by atoms with van der Waals surface area (Å²) >= 11 is 5.94. The van der Waals surface area contributed by atoms with Crippen LogP contribution in [-0.2, 0) is 4.79 Å². The van der Waals surface area contributed by atoms with E-state index >= 15 is 0 Å². The number of halogens is 4. The number of benzene rings is 1. The van der Waals surface area contributed by atoms with E-state index in [1.807, 2.05) is 25.1 Å². The third-order valence-corrected chi connectivity index (χ3v) is 5.35. The molecule has 1 aromatic carbocycles. The zero-order valence-electron chi connectivity index (χ0n) is 15.5. The van der Waals surface area contributed by atoms with Crippen molar-refractivity contribution in [2.24, 2.45) is 0 Å². The van der Waals surface area contributed by atoms with Gasteiger partial charge in [0, 0.05) is 29.7 Å². The molecular formula is C19H21ClF3N3O2. The fourth-order valence-corrected chi connectivity index (χ4v) is 3.53. The fraction of sp³-hybridized carbons (Fsp3) is 0.474. The lowest BCUT2D eigenvalue weighted by molar-refractivity contribution is -0.250. The first kappa shape index (κ1) is 20.7. The summed E-state index contributed by atoms with van der Waals surface area (Å²) < 4.78 is 40.6. The Labute approximate surface area is 165 Å². The molecule has 1 amide bonds. The van der Waals surface area contributed by atoms with Gasteiger partial charge >= 0.3 is 6.18 Å². The number of carbonyl (C=O) groups excluding carboxylic acids is 1. The van der Waals surface area contributed by atoms with Crippen LogP contribution < -0.4 is 0 Å². The van der Waals surface area contributed by atoms with Crippen LogP contribution >= 0.6 is 11.6 Å². The molecule has 0 aliphatic carbocycles. The molecule has 1 atom stereocenters. The summed E-state index contributed by atoms with van der Waals surface area (Å²) in [6, 6.07) is 9.16. The molecule has 0 spiro atoms. The highest BCUT2D eigenvalue weighted by Crippen LogP contribution is 2.35. The predicted octanol–water partition coefficient (Wildman–Crippen LogP) is 3.85. The zero-order chi connectivity index (χ0) is 20.7. The van der Waals surface area contributed by atoms with Crippen LogP contribution in [0.15, 0.2) is 30.3 Å². The Morgan fingerprint density at radius 3 is 2.32 bits per heavy atom. The highest BCUT2D eigenvalue weighted by molar-refractivity contribution is 6.30. The molecule has 0 radical (unpaired) electrons. The molecule has 28 heavy (non-hydrogen) atoms. The van der Waals surface area contributed by atoms with Gasteiger partial charge in [-0.25, -0.2) is 4.68 Å². The molecule has 1 fully saturated rings. The van der Waals surface area contributed by atoms with E-state index < -0.39 is 17.7 Å². The summed E-state index contributed by atoms with van der Waals surface area (Å²) in [6.45, 7) is 2.65. The lowest BCUT2D eigenvalue weighted by atomic mass is 9.91. The van der Waals surface area contributed by atoms with Crippen molar-refractivity contribution in [3.8, 4) is 5.69 Å². The summed E-state index contributed by atoms with van der Waals surface area (Å²) in [7, 11) is 0. The lowest BCUT2D eigenvalue weighted by Crippen LogP contribution is -2.57. The second kappa shape index (κ2) is 7.40. The number of nitrogens with zero attached hydrogens (tertiary/aromatic N) is 3. The zero-order valence-corrected chi connectivity index (χ0v) is 16.3. The van der Waals surface area contributed by atoms with Crippen LogP contribution in [-0.4, -0.2) is 50.6 Å². The molecule has 1 aromatic heterocycles. The van der Waals surface area contributed by atoms with Gasteiger partial charge in [0.1, 0.15) is 0 Å². The van der Waals surface area contributed by atoms with Crippen molar-refractivity contribution in [2.45, 2.75) is 44.4 Å². The average molecular weight is 416 g/mol. The molecule has 2 heterocycles. The number of carbonyl (C=O) groups is 1. The number of likely N-dealkylation sites (tertiary alicyclic amines) is 1. The third kappa shape index (κ3) is 3.89. The highest BCUT2D eigenvalue weighted by atomic mass is 35.5. The monoisotopic (exact) mass is 415 g/mol. The number of amides is 1. The van der Waals surface area contributed by atoms with Crippen LogP contribution in [0.5, 0.6) is 0 Å². The number of rotatable bonds is 3. The van der Waals surface area contributed by atoms with Gasteiger partial charge in [-0.2, -0.15) is 18.3 Å².